The van der Waals surface area contributed by atoms with Gasteiger partial charge in [0.25, 0.3) is 5.91 Å². The third-order valence-corrected chi connectivity index (χ3v) is 6.63. The standard InChI is InChI=1S/C26H31N7O/c1-3-33-23(17-20(2)29-33)26(34)30-13-9-22(10-14-30)25-28-12-16-32(25)19-24-27-11-15-31(24)18-21-7-5-4-6-8-21/h4-8,11-12,15-17,22H,3,9-10,13-14,18-19H2,1-2H3. The molecular weight excluding hydrogens is 426 g/mol. The highest BCUT2D eigenvalue weighted by molar-refractivity contribution is 5.92. The molecule has 4 heterocycles. The molecule has 1 saturated heterocycles. The van der Waals surface area contributed by atoms with Crippen LogP contribution in [0.5, 0.6) is 0 Å². The quantitative estimate of drug-likeness (QED) is 0.424. The van der Waals surface area contributed by atoms with Crippen molar-refractivity contribution in [2.75, 3.05) is 13.1 Å². The molecule has 0 spiro atoms. The zero-order chi connectivity index (χ0) is 23.5. The highest BCUT2D eigenvalue weighted by Crippen LogP contribution is 2.28. The molecule has 1 aliphatic rings. The van der Waals surface area contributed by atoms with Gasteiger partial charge in [0.05, 0.1) is 12.2 Å². The van der Waals surface area contributed by atoms with Crippen LogP contribution in [0.4, 0.5) is 0 Å². The Morgan fingerprint density at radius 3 is 2.50 bits per heavy atom. The van der Waals surface area contributed by atoms with E-state index in [1.807, 2.05) is 55.7 Å². The first-order chi connectivity index (χ1) is 16.6. The van der Waals surface area contributed by atoms with Crippen LogP contribution in [0.25, 0.3) is 0 Å². The van der Waals surface area contributed by atoms with Crippen LogP contribution < -0.4 is 0 Å². The van der Waals surface area contributed by atoms with Gasteiger partial charge in [-0.05, 0) is 38.3 Å². The lowest BCUT2D eigenvalue weighted by atomic mass is 9.95. The van der Waals surface area contributed by atoms with E-state index >= 15 is 0 Å². The van der Waals surface area contributed by atoms with Gasteiger partial charge in [0.2, 0.25) is 0 Å². The number of piperidine rings is 1. The van der Waals surface area contributed by atoms with Gasteiger partial charge < -0.3 is 14.0 Å². The smallest absolute Gasteiger partial charge is 0.272 e. The van der Waals surface area contributed by atoms with Crippen molar-refractivity contribution in [1.82, 2.24) is 33.8 Å². The molecule has 8 nitrogen and oxygen atoms in total. The lowest BCUT2D eigenvalue weighted by molar-refractivity contribution is 0.0698. The fraction of sp³-hybridized carbons (Fsp3) is 0.385. The van der Waals surface area contributed by atoms with Gasteiger partial charge in [-0.15, -0.1) is 0 Å². The van der Waals surface area contributed by atoms with Crippen LogP contribution in [0.2, 0.25) is 0 Å². The zero-order valence-electron chi connectivity index (χ0n) is 19.8. The topological polar surface area (TPSA) is 73.8 Å². The molecule has 1 aromatic carbocycles. The molecule has 176 valence electrons. The number of benzene rings is 1. The summed E-state index contributed by atoms with van der Waals surface area (Å²) in [5.41, 5.74) is 2.82. The number of carbonyl (C=O) groups excluding carboxylic acids is 1. The number of imidazole rings is 2. The molecule has 0 N–H and O–H groups in total. The van der Waals surface area contributed by atoms with Gasteiger partial charge in [0.1, 0.15) is 17.3 Å². The van der Waals surface area contributed by atoms with E-state index in [0.29, 0.717) is 24.7 Å². The summed E-state index contributed by atoms with van der Waals surface area (Å²) < 4.78 is 6.20. The summed E-state index contributed by atoms with van der Waals surface area (Å²) in [6.45, 7) is 7.58. The first-order valence-electron chi connectivity index (χ1n) is 12.0. The van der Waals surface area contributed by atoms with Crippen LogP contribution in [0, 0.1) is 6.92 Å². The van der Waals surface area contributed by atoms with Gasteiger partial charge in [0, 0.05) is 56.9 Å². The van der Waals surface area contributed by atoms with E-state index in [4.69, 9.17) is 4.98 Å². The molecule has 1 amide bonds. The highest BCUT2D eigenvalue weighted by Gasteiger charge is 2.28. The largest absolute Gasteiger partial charge is 0.337 e. The summed E-state index contributed by atoms with van der Waals surface area (Å²) >= 11 is 0. The van der Waals surface area contributed by atoms with Crippen LogP contribution in [-0.2, 0) is 19.6 Å². The molecule has 3 aromatic heterocycles. The van der Waals surface area contributed by atoms with Gasteiger partial charge in [-0.2, -0.15) is 5.10 Å². The van der Waals surface area contributed by atoms with Crippen molar-refractivity contribution in [3.8, 4) is 0 Å². The van der Waals surface area contributed by atoms with E-state index < -0.39 is 0 Å². The minimum Gasteiger partial charge on any atom is -0.337 e. The molecule has 0 unspecified atom stereocenters. The monoisotopic (exact) mass is 457 g/mol. The van der Waals surface area contributed by atoms with E-state index in [1.165, 1.54) is 5.56 Å². The molecule has 0 aliphatic carbocycles. The second-order valence-electron chi connectivity index (χ2n) is 8.92. The summed E-state index contributed by atoms with van der Waals surface area (Å²) in [5, 5.41) is 4.43. The number of hydrogen-bond acceptors (Lipinski definition) is 4. The molecule has 4 aromatic rings. The minimum atomic E-state index is 0.0761. The number of rotatable bonds is 7. The van der Waals surface area contributed by atoms with Gasteiger partial charge in [-0.25, -0.2) is 9.97 Å². The van der Waals surface area contributed by atoms with E-state index in [1.54, 1.807) is 4.68 Å². The minimum absolute atomic E-state index is 0.0761. The lowest BCUT2D eigenvalue weighted by Crippen LogP contribution is -2.39. The number of hydrogen-bond donors (Lipinski definition) is 0. The molecule has 1 fully saturated rings. The van der Waals surface area contributed by atoms with E-state index in [-0.39, 0.29) is 5.91 Å². The van der Waals surface area contributed by atoms with Gasteiger partial charge in [0.15, 0.2) is 0 Å². The Morgan fingerprint density at radius 2 is 1.74 bits per heavy atom. The van der Waals surface area contributed by atoms with E-state index in [9.17, 15) is 4.79 Å². The normalized spacial score (nSPS) is 14.6. The Morgan fingerprint density at radius 1 is 1.00 bits per heavy atom. The Balaban J connectivity index is 1.25. The third-order valence-electron chi connectivity index (χ3n) is 6.63. The van der Waals surface area contributed by atoms with Crippen molar-refractivity contribution in [3.63, 3.8) is 0 Å². The fourth-order valence-electron chi connectivity index (χ4n) is 4.84. The van der Waals surface area contributed by atoms with Gasteiger partial charge in [-0.1, -0.05) is 30.3 Å². The summed E-state index contributed by atoms with van der Waals surface area (Å²) in [6, 6.07) is 12.3. The second-order valence-corrected chi connectivity index (χ2v) is 8.92. The predicted molar refractivity (Wildman–Crippen MR) is 130 cm³/mol. The maximum Gasteiger partial charge on any atom is 0.272 e. The second kappa shape index (κ2) is 9.67. The molecule has 1 aliphatic heterocycles. The van der Waals surface area contributed by atoms with Crippen molar-refractivity contribution in [1.29, 1.82) is 0 Å². The van der Waals surface area contributed by atoms with Crippen molar-refractivity contribution in [3.05, 3.63) is 89.8 Å². The average Bonchev–Trinajstić information content (AvgIpc) is 3.60. The predicted octanol–water partition coefficient (Wildman–Crippen LogP) is 3.72. The molecule has 0 radical (unpaired) electrons. The van der Waals surface area contributed by atoms with Crippen molar-refractivity contribution < 1.29 is 4.79 Å². The van der Waals surface area contributed by atoms with Crippen LogP contribution in [-0.4, -0.2) is 52.8 Å². The van der Waals surface area contributed by atoms with Crippen LogP contribution in [0.15, 0.2) is 61.2 Å². The van der Waals surface area contributed by atoms with Crippen LogP contribution in [0.3, 0.4) is 0 Å². The molecular formula is C26H31N7O. The van der Waals surface area contributed by atoms with Gasteiger partial charge in [-0.3, -0.25) is 9.48 Å². The number of amides is 1. The summed E-state index contributed by atoms with van der Waals surface area (Å²) in [4.78, 5) is 24.4. The zero-order valence-corrected chi connectivity index (χ0v) is 19.8. The van der Waals surface area contributed by atoms with Crippen molar-refractivity contribution >= 4 is 5.91 Å². The maximum atomic E-state index is 13.1. The number of likely N-dealkylation sites (tertiary alicyclic amines) is 1. The third kappa shape index (κ3) is 4.53. The molecule has 0 saturated carbocycles. The maximum absolute atomic E-state index is 13.1. The molecule has 8 heteroatoms. The van der Waals surface area contributed by atoms with Crippen LogP contribution in [0.1, 0.15) is 59.1 Å². The van der Waals surface area contributed by atoms with Crippen molar-refractivity contribution in [2.24, 2.45) is 0 Å². The Kier molecular flexibility index (Phi) is 6.29. The first-order valence-corrected chi connectivity index (χ1v) is 12.0. The Labute approximate surface area is 199 Å². The first kappa shape index (κ1) is 22.1. The molecule has 34 heavy (non-hydrogen) atoms. The summed E-state index contributed by atoms with van der Waals surface area (Å²) in [5.74, 6) is 2.50. The van der Waals surface area contributed by atoms with Crippen molar-refractivity contribution in [2.45, 2.75) is 52.2 Å². The highest BCUT2D eigenvalue weighted by atomic mass is 16.2. The Hall–Kier alpha value is -3.68. The summed E-state index contributed by atoms with van der Waals surface area (Å²) in [6.07, 6.45) is 9.62. The molecule has 5 rings (SSSR count). The fourth-order valence-corrected chi connectivity index (χ4v) is 4.84. The number of aryl methyl sites for hydroxylation is 2. The van der Waals surface area contributed by atoms with Gasteiger partial charge >= 0.3 is 0 Å². The number of nitrogens with zero attached hydrogens (tertiary/aromatic N) is 7. The molecule has 0 bridgehead atoms. The SMILES string of the molecule is CCn1nc(C)cc1C(=O)N1CCC(c2nccn2Cc2nccn2Cc2ccccc2)CC1. The van der Waals surface area contributed by atoms with E-state index in [0.717, 1.165) is 49.8 Å². The summed E-state index contributed by atoms with van der Waals surface area (Å²) in [7, 11) is 0. The van der Waals surface area contributed by atoms with E-state index in [2.05, 4.69) is 43.5 Å². The Bertz CT molecular complexity index is 1250. The number of aromatic nitrogens is 6. The van der Waals surface area contributed by atoms with Crippen LogP contribution >= 0.6 is 0 Å². The average molecular weight is 458 g/mol. The molecule has 0 atom stereocenters. The number of carbonyl (C=O) groups is 1. The lowest BCUT2D eigenvalue weighted by Gasteiger charge is -2.32.